The topological polar surface area (TPSA) is 49.3 Å². The molecule has 2 rings (SSSR count). The molecule has 0 amide bonds. The van der Waals surface area contributed by atoms with Crippen LogP contribution in [0.4, 0.5) is 0 Å². The van der Waals surface area contributed by atoms with Gasteiger partial charge in [-0.05, 0) is 44.1 Å². The van der Waals surface area contributed by atoms with Gasteiger partial charge in [0, 0.05) is 12.2 Å². The van der Waals surface area contributed by atoms with Gasteiger partial charge in [0.15, 0.2) is 5.11 Å². The van der Waals surface area contributed by atoms with Crippen LogP contribution in [0.25, 0.3) is 0 Å². The van der Waals surface area contributed by atoms with Crippen LogP contribution in [-0.2, 0) is 0 Å². The first kappa shape index (κ1) is 13.0. The van der Waals surface area contributed by atoms with E-state index in [4.69, 9.17) is 12.2 Å². The number of nitrogens with one attached hydrogen (secondary N) is 2. The van der Waals surface area contributed by atoms with Crippen molar-refractivity contribution in [2.75, 3.05) is 0 Å². The van der Waals surface area contributed by atoms with Crippen molar-refractivity contribution in [2.24, 2.45) is 5.10 Å². The van der Waals surface area contributed by atoms with Gasteiger partial charge in [-0.1, -0.05) is 18.9 Å². The molecule has 0 spiro atoms. The third-order valence-corrected chi connectivity index (χ3v) is 3.26. The zero-order chi connectivity index (χ0) is 12.8. The summed E-state index contributed by atoms with van der Waals surface area (Å²) in [5, 5.41) is 8.11. The van der Waals surface area contributed by atoms with Crippen LogP contribution in [0.15, 0.2) is 29.5 Å². The Bertz CT molecular complexity index is 424. The number of thiocarbonyl (C=S) groups is 1. The van der Waals surface area contributed by atoms with Gasteiger partial charge < -0.3 is 5.32 Å². The number of aromatic nitrogens is 1. The maximum absolute atomic E-state index is 5.21. The SMILES string of the molecule is C/C(=N/NC(=S)NC1CCCC1)c1ccccn1. The fraction of sp³-hybridized carbons (Fsp3) is 0.462. The Morgan fingerprint density at radius 1 is 1.39 bits per heavy atom. The molecule has 0 saturated heterocycles. The second-order valence-electron chi connectivity index (χ2n) is 4.48. The van der Waals surface area contributed by atoms with Gasteiger partial charge in [-0.3, -0.25) is 10.4 Å². The minimum absolute atomic E-state index is 0.510. The molecule has 1 aliphatic rings. The monoisotopic (exact) mass is 262 g/mol. The highest BCUT2D eigenvalue weighted by Crippen LogP contribution is 2.17. The highest BCUT2D eigenvalue weighted by atomic mass is 32.1. The zero-order valence-corrected chi connectivity index (χ0v) is 11.3. The first-order chi connectivity index (χ1) is 8.75. The first-order valence-corrected chi connectivity index (χ1v) is 6.69. The Labute approximate surface area is 113 Å². The summed E-state index contributed by atoms with van der Waals surface area (Å²) in [5.41, 5.74) is 4.56. The number of hydrogen-bond acceptors (Lipinski definition) is 3. The standard InChI is InChI=1S/C13H18N4S/c1-10(12-8-4-5-9-14-12)16-17-13(18)15-11-6-2-3-7-11/h4-5,8-9,11H,2-3,6-7H2,1H3,(H2,15,17,18)/b16-10-. The molecule has 1 aliphatic carbocycles. The molecule has 96 valence electrons. The number of hydrazone groups is 1. The fourth-order valence-electron chi connectivity index (χ4n) is 2.06. The quantitative estimate of drug-likeness (QED) is 0.498. The molecule has 0 unspecified atom stereocenters. The Balaban J connectivity index is 1.84. The van der Waals surface area contributed by atoms with Crippen molar-refractivity contribution in [3.8, 4) is 0 Å². The van der Waals surface area contributed by atoms with Crippen LogP contribution in [0.3, 0.4) is 0 Å². The number of rotatable bonds is 3. The minimum atomic E-state index is 0.510. The van der Waals surface area contributed by atoms with Crippen molar-refractivity contribution < 1.29 is 0 Å². The molecule has 0 bridgehead atoms. The summed E-state index contributed by atoms with van der Waals surface area (Å²) in [4.78, 5) is 4.23. The molecule has 0 aromatic carbocycles. The Morgan fingerprint density at radius 3 is 2.83 bits per heavy atom. The molecular formula is C13H18N4S. The van der Waals surface area contributed by atoms with E-state index in [-0.39, 0.29) is 0 Å². The summed E-state index contributed by atoms with van der Waals surface area (Å²) in [7, 11) is 0. The highest BCUT2D eigenvalue weighted by Gasteiger charge is 2.15. The summed E-state index contributed by atoms with van der Waals surface area (Å²) < 4.78 is 0. The lowest BCUT2D eigenvalue weighted by Crippen LogP contribution is -2.38. The zero-order valence-electron chi connectivity index (χ0n) is 10.5. The Morgan fingerprint density at radius 2 is 2.17 bits per heavy atom. The third-order valence-electron chi connectivity index (χ3n) is 3.05. The van der Waals surface area contributed by atoms with Crippen LogP contribution >= 0.6 is 12.2 Å². The van der Waals surface area contributed by atoms with Gasteiger partial charge in [-0.25, -0.2) is 0 Å². The maximum atomic E-state index is 5.21. The van der Waals surface area contributed by atoms with Crippen LogP contribution in [-0.4, -0.2) is 21.8 Å². The van der Waals surface area contributed by atoms with Crippen molar-refractivity contribution in [3.63, 3.8) is 0 Å². The average molecular weight is 262 g/mol. The van der Waals surface area contributed by atoms with Crippen molar-refractivity contribution in [1.82, 2.24) is 15.7 Å². The van der Waals surface area contributed by atoms with Crippen LogP contribution in [0.5, 0.6) is 0 Å². The van der Waals surface area contributed by atoms with Crippen molar-refractivity contribution in [3.05, 3.63) is 30.1 Å². The van der Waals surface area contributed by atoms with E-state index in [1.165, 1.54) is 25.7 Å². The smallest absolute Gasteiger partial charge is 0.187 e. The van der Waals surface area contributed by atoms with Gasteiger partial charge in [-0.2, -0.15) is 5.10 Å². The highest BCUT2D eigenvalue weighted by molar-refractivity contribution is 7.80. The lowest BCUT2D eigenvalue weighted by molar-refractivity contribution is 0.624. The third kappa shape index (κ3) is 3.77. The molecule has 1 heterocycles. The summed E-state index contributed by atoms with van der Waals surface area (Å²) >= 11 is 5.21. The van der Waals surface area contributed by atoms with Gasteiger partial charge in [0.05, 0.1) is 11.4 Å². The Kier molecular flexibility index (Phi) is 4.64. The van der Waals surface area contributed by atoms with Gasteiger partial charge in [0.2, 0.25) is 0 Å². The fourth-order valence-corrected chi connectivity index (χ4v) is 2.27. The van der Waals surface area contributed by atoms with Crippen LogP contribution < -0.4 is 10.7 Å². The molecule has 0 atom stereocenters. The predicted molar refractivity (Wildman–Crippen MR) is 77.6 cm³/mol. The first-order valence-electron chi connectivity index (χ1n) is 6.28. The molecule has 2 N–H and O–H groups in total. The molecular weight excluding hydrogens is 244 g/mol. The number of nitrogens with zero attached hydrogens (tertiary/aromatic N) is 2. The van der Waals surface area contributed by atoms with E-state index in [1.807, 2.05) is 25.1 Å². The predicted octanol–water partition coefficient (Wildman–Crippen LogP) is 2.21. The molecule has 18 heavy (non-hydrogen) atoms. The van der Waals surface area contributed by atoms with E-state index in [2.05, 4.69) is 20.8 Å². The summed E-state index contributed by atoms with van der Waals surface area (Å²) in [6, 6.07) is 6.26. The maximum Gasteiger partial charge on any atom is 0.187 e. The molecule has 0 radical (unpaired) electrons. The largest absolute Gasteiger partial charge is 0.359 e. The average Bonchev–Trinajstić information content (AvgIpc) is 2.90. The lowest BCUT2D eigenvalue weighted by atomic mass is 10.2. The van der Waals surface area contributed by atoms with E-state index >= 15 is 0 Å². The molecule has 4 nitrogen and oxygen atoms in total. The van der Waals surface area contributed by atoms with E-state index < -0.39 is 0 Å². The molecule has 0 aliphatic heterocycles. The molecule has 1 saturated carbocycles. The molecule has 1 fully saturated rings. The molecule has 1 aromatic rings. The summed E-state index contributed by atoms with van der Waals surface area (Å²) in [6.45, 7) is 1.91. The van der Waals surface area contributed by atoms with Gasteiger partial charge >= 0.3 is 0 Å². The van der Waals surface area contributed by atoms with E-state index in [0.29, 0.717) is 11.2 Å². The van der Waals surface area contributed by atoms with Gasteiger partial charge in [0.1, 0.15) is 0 Å². The Hall–Kier alpha value is -1.49. The second-order valence-corrected chi connectivity index (χ2v) is 4.89. The van der Waals surface area contributed by atoms with E-state index in [9.17, 15) is 0 Å². The summed E-state index contributed by atoms with van der Waals surface area (Å²) in [5.74, 6) is 0. The lowest BCUT2D eigenvalue weighted by Gasteiger charge is -2.13. The van der Waals surface area contributed by atoms with E-state index in [0.717, 1.165) is 11.4 Å². The number of pyridine rings is 1. The van der Waals surface area contributed by atoms with Crippen LogP contribution in [0.2, 0.25) is 0 Å². The van der Waals surface area contributed by atoms with Gasteiger partial charge in [-0.15, -0.1) is 0 Å². The summed E-state index contributed by atoms with van der Waals surface area (Å²) in [6.07, 6.45) is 6.73. The van der Waals surface area contributed by atoms with Crippen molar-refractivity contribution >= 4 is 23.0 Å². The van der Waals surface area contributed by atoms with Crippen molar-refractivity contribution in [2.45, 2.75) is 38.6 Å². The minimum Gasteiger partial charge on any atom is -0.359 e. The number of hydrogen-bond donors (Lipinski definition) is 2. The van der Waals surface area contributed by atoms with Gasteiger partial charge in [0.25, 0.3) is 0 Å². The van der Waals surface area contributed by atoms with Crippen LogP contribution in [0, 0.1) is 0 Å². The van der Waals surface area contributed by atoms with Crippen LogP contribution in [0.1, 0.15) is 38.3 Å². The molecule has 1 aromatic heterocycles. The van der Waals surface area contributed by atoms with Crippen molar-refractivity contribution in [1.29, 1.82) is 0 Å². The van der Waals surface area contributed by atoms with E-state index in [1.54, 1.807) is 6.20 Å². The second kappa shape index (κ2) is 6.44. The normalized spacial score (nSPS) is 16.6. The molecule has 5 heteroatoms.